The lowest BCUT2D eigenvalue weighted by Gasteiger charge is -2.12. The Kier molecular flexibility index (Phi) is 8.37. The van der Waals surface area contributed by atoms with Crippen molar-refractivity contribution in [3.63, 3.8) is 0 Å². The third kappa shape index (κ3) is 6.56. The Morgan fingerprint density at radius 1 is 0.950 bits per heavy atom. The van der Waals surface area contributed by atoms with Crippen LogP contribution in [-0.4, -0.2) is 33.5 Å². The number of amides is 1. The molecule has 0 aliphatic carbocycles. The summed E-state index contributed by atoms with van der Waals surface area (Å²) >= 11 is 0. The Morgan fingerprint density at radius 2 is 1.68 bits per heavy atom. The van der Waals surface area contributed by atoms with Crippen LogP contribution in [0.1, 0.15) is 59.9 Å². The number of pyridine rings is 1. The summed E-state index contributed by atoms with van der Waals surface area (Å²) in [4.78, 5) is 29.1. The molecule has 2 aromatic carbocycles. The van der Waals surface area contributed by atoms with Gasteiger partial charge in [-0.1, -0.05) is 24.3 Å². The molecular weight excluding hydrogens is 521 g/mol. The molecule has 0 fully saturated rings. The highest BCUT2D eigenvalue weighted by Gasteiger charge is 2.30. The predicted octanol–water partition coefficient (Wildman–Crippen LogP) is 5.63. The minimum absolute atomic E-state index is 0.0694. The molecule has 0 saturated carbocycles. The van der Waals surface area contributed by atoms with Gasteiger partial charge in [0.05, 0.1) is 23.4 Å². The smallest absolute Gasteiger partial charge is 0.416 e. The van der Waals surface area contributed by atoms with Crippen molar-refractivity contribution in [1.29, 1.82) is 0 Å². The number of nitrogens with one attached hydrogen (secondary N) is 1. The number of halogens is 3. The maximum atomic E-state index is 13.1. The van der Waals surface area contributed by atoms with Gasteiger partial charge in [-0.25, -0.2) is 0 Å². The van der Waals surface area contributed by atoms with Crippen LogP contribution in [0.4, 0.5) is 13.2 Å². The zero-order chi connectivity index (χ0) is 29.0. The van der Waals surface area contributed by atoms with E-state index in [1.54, 1.807) is 55.2 Å². The van der Waals surface area contributed by atoms with Crippen LogP contribution in [-0.2, 0) is 25.7 Å². The molecule has 2 aromatic heterocycles. The van der Waals surface area contributed by atoms with Crippen LogP contribution in [0.3, 0.4) is 0 Å². The number of alkyl halides is 3. The van der Waals surface area contributed by atoms with E-state index in [9.17, 15) is 22.8 Å². The predicted molar refractivity (Wildman–Crippen MR) is 143 cm³/mol. The highest BCUT2D eigenvalue weighted by atomic mass is 19.4. The first-order valence-corrected chi connectivity index (χ1v) is 12.6. The van der Waals surface area contributed by atoms with Gasteiger partial charge in [0.1, 0.15) is 12.4 Å². The molecule has 40 heavy (non-hydrogen) atoms. The van der Waals surface area contributed by atoms with Crippen molar-refractivity contribution in [2.75, 3.05) is 7.05 Å². The fourth-order valence-corrected chi connectivity index (χ4v) is 4.36. The molecule has 7 nitrogen and oxygen atoms in total. The maximum absolute atomic E-state index is 13.1. The average molecular weight is 551 g/mol. The van der Waals surface area contributed by atoms with E-state index in [-0.39, 0.29) is 24.7 Å². The van der Waals surface area contributed by atoms with Crippen molar-refractivity contribution in [3.8, 4) is 5.75 Å². The third-order valence-corrected chi connectivity index (χ3v) is 6.66. The van der Waals surface area contributed by atoms with E-state index in [1.807, 2.05) is 13.8 Å². The lowest BCUT2D eigenvalue weighted by atomic mass is 10.0. The van der Waals surface area contributed by atoms with Crippen molar-refractivity contribution >= 4 is 11.7 Å². The zero-order valence-electron chi connectivity index (χ0n) is 22.6. The van der Waals surface area contributed by atoms with Gasteiger partial charge in [0.15, 0.2) is 5.78 Å². The van der Waals surface area contributed by atoms with Crippen LogP contribution in [0.15, 0.2) is 60.9 Å². The number of nitrogens with zero attached hydrogens (tertiary/aromatic N) is 3. The second kappa shape index (κ2) is 11.7. The Morgan fingerprint density at radius 3 is 2.33 bits per heavy atom. The molecule has 0 spiro atoms. The topological polar surface area (TPSA) is 86.1 Å². The number of ketones is 1. The Labute approximate surface area is 230 Å². The number of hydrogen-bond acceptors (Lipinski definition) is 5. The van der Waals surface area contributed by atoms with Gasteiger partial charge in [0.25, 0.3) is 5.91 Å². The zero-order valence-corrected chi connectivity index (χ0v) is 22.6. The first kappa shape index (κ1) is 28.5. The van der Waals surface area contributed by atoms with E-state index in [2.05, 4.69) is 15.4 Å². The van der Waals surface area contributed by atoms with Crippen LogP contribution in [0.25, 0.3) is 0 Å². The number of rotatable bonds is 9. The number of Topliss-reactive ketones (excluding diaryl/α,β-unsaturated/α-hetero) is 1. The summed E-state index contributed by atoms with van der Waals surface area (Å²) in [5.74, 6) is 0.0774. The van der Waals surface area contributed by atoms with Gasteiger partial charge in [-0.15, -0.1) is 0 Å². The van der Waals surface area contributed by atoms with Crippen LogP contribution < -0.4 is 10.1 Å². The minimum atomic E-state index is -4.40. The molecule has 1 N–H and O–H groups in total. The number of ether oxygens (including phenoxy) is 1. The molecule has 0 atom stereocenters. The molecule has 0 radical (unpaired) electrons. The monoisotopic (exact) mass is 550 g/mol. The van der Waals surface area contributed by atoms with Crippen molar-refractivity contribution in [2.24, 2.45) is 0 Å². The summed E-state index contributed by atoms with van der Waals surface area (Å²) in [6.07, 6.45) is -1.05. The van der Waals surface area contributed by atoms with Crippen LogP contribution in [0.2, 0.25) is 0 Å². The van der Waals surface area contributed by atoms with E-state index in [0.29, 0.717) is 29.0 Å². The fraction of sp³-hybridized carbons (Fsp3) is 0.267. The molecule has 0 bridgehead atoms. The normalized spacial score (nSPS) is 11.4. The molecule has 0 aliphatic rings. The molecule has 4 aromatic rings. The standard InChI is InChI=1S/C30H29F3N4O3/c1-18-11-25(30(31,32)33)9-10-28(18)40-17-21-5-7-23(8-6-21)27(38)13-26-19(2)36-37(20(26)3)16-22-12-24(15-35-14-22)29(39)34-4/h5-12,14-15H,13,16-17H2,1-4H3,(H,34,39). The number of benzene rings is 2. The summed E-state index contributed by atoms with van der Waals surface area (Å²) in [6, 6.07) is 12.1. The highest BCUT2D eigenvalue weighted by Crippen LogP contribution is 2.32. The van der Waals surface area contributed by atoms with Gasteiger partial charge in [-0.2, -0.15) is 18.3 Å². The fourth-order valence-electron chi connectivity index (χ4n) is 4.36. The molecule has 0 aliphatic heterocycles. The Hall–Kier alpha value is -4.47. The maximum Gasteiger partial charge on any atom is 0.416 e. The molecule has 10 heteroatoms. The van der Waals surface area contributed by atoms with E-state index >= 15 is 0 Å². The summed E-state index contributed by atoms with van der Waals surface area (Å²) in [6.45, 7) is 5.89. The Balaban J connectivity index is 1.40. The first-order valence-electron chi connectivity index (χ1n) is 12.6. The SMILES string of the molecule is CNC(=O)c1cncc(Cn2nc(C)c(CC(=O)c3ccc(COc4ccc(C(F)(F)F)cc4C)cc3)c2C)c1. The van der Waals surface area contributed by atoms with Gasteiger partial charge in [-0.05, 0) is 61.7 Å². The van der Waals surface area contributed by atoms with E-state index in [0.717, 1.165) is 40.2 Å². The van der Waals surface area contributed by atoms with E-state index in [4.69, 9.17) is 4.74 Å². The van der Waals surface area contributed by atoms with Gasteiger partial charge >= 0.3 is 6.18 Å². The van der Waals surface area contributed by atoms with Gasteiger partial charge in [-0.3, -0.25) is 19.3 Å². The van der Waals surface area contributed by atoms with E-state index < -0.39 is 11.7 Å². The van der Waals surface area contributed by atoms with E-state index in [1.165, 1.54) is 12.3 Å². The number of hydrogen-bond donors (Lipinski definition) is 1. The minimum Gasteiger partial charge on any atom is -0.489 e. The number of carbonyl (C=O) groups is 2. The van der Waals surface area contributed by atoms with Crippen LogP contribution >= 0.6 is 0 Å². The van der Waals surface area contributed by atoms with Crippen molar-refractivity contribution in [2.45, 2.75) is 46.5 Å². The summed E-state index contributed by atoms with van der Waals surface area (Å²) < 4.78 is 46.2. The molecule has 208 valence electrons. The first-order chi connectivity index (χ1) is 19.0. The van der Waals surface area contributed by atoms with Gasteiger partial charge < -0.3 is 10.1 Å². The molecule has 0 saturated heterocycles. The Bertz CT molecular complexity index is 1540. The largest absolute Gasteiger partial charge is 0.489 e. The quantitative estimate of drug-likeness (QED) is 0.273. The van der Waals surface area contributed by atoms with Gasteiger partial charge in [0.2, 0.25) is 0 Å². The average Bonchev–Trinajstić information content (AvgIpc) is 3.18. The van der Waals surface area contributed by atoms with Crippen molar-refractivity contribution in [1.82, 2.24) is 20.1 Å². The number of carbonyl (C=O) groups excluding carboxylic acids is 2. The summed E-state index contributed by atoms with van der Waals surface area (Å²) in [5.41, 5.74) is 4.70. The molecular formula is C30H29F3N4O3. The molecule has 2 heterocycles. The third-order valence-electron chi connectivity index (χ3n) is 6.66. The summed E-state index contributed by atoms with van der Waals surface area (Å²) in [7, 11) is 1.56. The molecule has 4 rings (SSSR count). The van der Waals surface area contributed by atoms with Gasteiger partial charge in [0, 0.05) is 42.7 Å². The molecule has 1 amide bonds. The van der Waals surface area contributed by atoms with Crippen LogP contribution in [0.5, 0.6) is 5.75 Å². The van der Waals surface area contributed by atoms with Crippen molar-refractivity contribution < 1.29 is 27.5 Å². The van der Waals surface area contributed by atoms with Crippen molar-refractivity contribution in [3.05, 3.63) is 111 Å². The summed E-state index contributed by atoms with van der Waals surface area (Å²) in [5, 5.41) is 7.18. The molecule has 0 unspecified atom stereocenters. The van der Waals surface area contributed by atoms with Crippen LogP contribution in [0, 0.1) is 20.8 Å². The number of aryl methyl sites for hydroxylation is 2. The lowest BCUT2D eigenvalue weighted by molar-refractivity contribution is -0.137. The number of aromatic nitrogens is 3. The second-order valence-electron chi connectivity index (χ2n) is 9.53. The lowest BCUT2D eigenvalue weighted by Crippen LogP contribution is -2.18. The second-order valence-corrected chi connectivity index (χ2v) is 9.53. The highest BCUT2D eigenvalue weighted by molar-refractivity contribution is 5.97.